The third-order valence-corrected chi connectivity index (χ3v) is 5.05. The standard InChI is InChI=1S/C25H27FN5O3/c1-17-14-27-31-22(13-21(28-23(17)31)19-8-10-20(26)11-9-19)30(24(32)34-25(2,3)4)16-18-7-6-12-29(15-18)33-5/h6-15H,16H2,1-5H3/q+1. The fourth-order valence-corrected chi connectivity index (χ4v) is 3.46. The molecule has 34 heavy (non-hydrogen) atoms. The van der Waals surface area contributed by atoms with E-state index < -0.39 is 11.7 Å². The predicted molar refractivity (Wildman–Crippen MR) is 125 cm³/mol. The number of hydrogen-bond acceptors (Lipinski definition) is 5. The van der Waals surface area contributed by atoms with Gasteiger partial charge >= 0.3 is 6.09 Å². The second kappa shape index (κ2) is 9.09. The van der Waals surface area contributed by atoms with Crippen LogP contribution in [0.2, 0.25) is 0 Å². The van der Waals surface area contributed by atoms with Gasteiger partial charge in [0.1, 0.15) is 24.3 Å². The van der Waals surface area contributed by atoms with Crippen LogP contribution in [0.1, 0.15) is 31.9 Å². The molecule has 0 unspecified atom stereocenters. The monoisotopic (exact) mass is 464 g/mol. The second-order valence-electron chi connectivity index (χ2n) is 8.89. The first-order chi connectivity index (χ1) is 16.1. The average Bonchev–Trinajstić information content (AvgIpc) is 3.17. The molecule has 0 aliphatic carbocycles. The van der Waals surface area contributed by atoms with Gasteiger partial charge in [-0.3, -0.25) is 9.74 Å². The summed E-state index contributed by atoms with van der Waals surface area (Å²) in [6.07, 6.45) is 4.70. The van der Waals surface area contributed by atoms with E-state index in [1.807, 2.05) is 39.8 Å². The first-order valence-electron chi connectivity index (χ1n) is 10.8. The minimum absolute atomic E-state index is 0.194. The van der Waals surface area contributed by atoms with Gasteiger partial charge in [-0.1, -0.05) is 0 Å². The summed E-state index contributed by atoms with van der Waals surface area (Å²) >= 11 is 0. The number of hydrogen-bond donors (Lipinski definition) is 0. The summed E-state index contributed by atoms with van der Waals surface area (Å²) < 4.78 is 22.4. The smallest absolute Gasteiger partial charge is 0.416 e. The SMILES string of the molecule is CO[n+]1cccc(CN(C(=O)OC(C)(C)C)c2cc(-c3ccc(F)cc3)nc3c(C)cnn23)c1. The van der Waals surface area contributed by atoms with Crippen LogP contribution in [-0.4, -0.2) is 33.4 Å². The van der Waals surface area contributed by atoms with Gasteiger partial charge in [0.25, 0.3) is 0 Å². The first kappa shape index (κ1) is 23.2. The molecule has 4 aromatic rings. The summed E-state index contributed by atoms with van der Waals surface area (Å²) in [6, 6.07) is 11.5. The Morgan fingerprint density at radius 1 is 1.21 bits per heavy atom. The molecule has 9 heteroatoms. The number of fused-ring (bicyclic) bond motifs is 1. The number of aromatic nitrogens is 4. The fraction of sp³-hybridized carbons (Fsp3) is 0.280. The molecule has 0 saturated heterocycles. The fourth-order valence-electron chi connectivity index (χ4n) is 3.46. The van der Waals surface area contributed by atoms with Gasteiger partial charge in [0.2, 0.25) is 12.4 Å². The zero-order chi connectivity index (χ0) is 24.5. The van der Waals surface area contributed by atoms with E-state index >= 15 is 0 Å². The van der Waals surface area contributed by atoms with E-state index in [2.05, 4.69) is 5.10 Å². The molecule has 176 valence electrons. The van der Waals surface area contributed by atoms with Crippen LogP contribution in [-0.2, 0) is 11.3 Å². The summed E-state index contributed by atoms with van der Waals surface area (Å²) in [5.41, 5.74) is 2.83. The van der Waals surface area contributed by atoms with Crippen LogP contribution in [0, 0.1) is 12.7 Å². The van der Waals surface area contributed by atoms with Crippen LogP contribution in [0.15, 0.2) is 61.1 Å². The minimum atomic E-state index is -0.704. The maximum Gasteiger partial charge on any atom is 0.416 e. The number of carbonyl (C=O) groups excluding carboxylic acids is 1. The third kappa shape index (κ3) is 4.98. The summed E-state index contributed by atoms with van der Waals surface area (Å²) in [6.45, 7) is 7.53. The normalized spacial score (nSPS) is 11.5. The van der Waals surface area contributed by atoms with Crippen LogP contribution in [0.5, 0.6) is 0 Å². The number of rotatable bonds is 5. The molecule has 0 N–H and O–H groups in total. The zero-order valence-electron chi connectivity index (χ0n) is 19.8. The van der Waals surface area contributed by atoms with E-state index in [1.165, 1.54) is 17.0 Å². The lowest BCUT2D eigenvalue weighted by Gasteiger charge is -2.27. The second-order valence-corrected chi connectivity index (χ2v) is 8.89. The number of ether oxygens (including phenoxy) is 1. The molecule has 0 aliphatic rings. The largest absolute Gasteiger partial charge is 0.443 e. The highest BCUT2D eigenvalue weighted by molar-refractivity contribution is 5.88. The van der Waals surface area contributed by atoms with E-state index in [0.717, 1.165) is 11.1 Å². The van der Waals surface area contributed by atoms with Gasteiger partial charge in [-0.15, -0.1) is 0 Å². The predicted octanol–water partition coefficient (Wildman–Crippen LogP) is 4.13. The molecule has 1 amide bonds. The van der Waals surface area contributed by atoms with Gasteiger partial charge in [-0.2, -0.15) is 9.61 Å². The lowest BCUT2D eigenvalue weighted by molar-refractivity contribution is -0.885. The topological polar surface area (TPSA) is 72.8 Å². The van der Waals surface area contributed by atoms with Crippen LogP contribution in [0.4, 0.5) is 15.0 Å². The van der Waals surface area contributed by atoms with E-state index in [0.29, 0.717) is 22.7 Å². The number of nitrogens with zero attached hydrogens (tertiary/aromatic N) is 5. The van der Waals surface area contributed by atoms with E-state index in [-0.39, 0.29) is 12.4 Å². The Hall–Kier alpha value is -4.01. The molecule has 3 heterocycles. The summed E-state index contributed by atoms with van der Waals surface area (Å²) in [5, 5.41) is 4.46. The maximum absolute atomic E-state index is 13.5. The number of amides is 1. The molecule has 0 atom stereocenters. The van der Waals surface area contributed by atoms with Gasteiger partial charge in [-0.05, 0) is 58.0 Å². The molecule has 0 aliphatic heterocycles. The molecule has 8 nitrogen and oxygen atoms in total. The Labute approximate surface area is 197 Å². The Morgan fingerprint density at radius 3 is 2.62 bits per heavy atom. The highest BCUT2D eigenvalue weighted by Gasteiger charge is 2.27. The quantitative estimate of drug-likeness (QED) is 0.415. The number of benzene rings is 1. The minimum Gasteiger partial charge on any atom is -0.443 e. The van der Waals surface area contributed by atoms with Gasteiger partial charge in [0, 0.05) is 33.6 Å². The number of carbonyl (C=O) groups is 1. The van der Waals surface area contributed by atoms with Crippen molar-refractivity contribution in [2.24, 2.45) is 0 Å². The molecule has 0 spiro atoms. The number of anilines is 1. The number of halogens is 1. The van der Waals surface area contributed by atoms with Crippen molar-refractivity contribution in [2.75, 3.05) is 12.0 Å². The van der Waals surface area contributed by atoms with Crippen molar-refractivity contribution >= 4 is 17.6 Å². The van der Waals surface area contributed by atoms with Crippen molar-refractivity contribution in [3.05, 3.63) is 78.0 Å². The lowest BCUT2D eigenvalue weighted by Crippen LogP contribution is -2.41. The van der Waals surface area contributed by atoms with Crippen molar-refractivity contribution in [3.8, 4) is 11.3 Å². The molecule has 3 aromatic heterocycles. The summed E-state index contributed by atoms with van der Waals surface area (Å²) in [5.74, 6) is 0.135. The van der Waals surface area contributed by atoms with E-state index in [9.17, 15) is 9.18 Å². The van der Waals surface area contributed by atoms with E-state index in [1.54, 1.807) is 53.1 Å². The zero-order valence-corrected chi connectivity index (χ0v) is 19.8. The molecule has 4 rings (SSSR count). The Kier molecular flexibility index (Phi) is 6.19. The van der Waals surface area contributed by atoms with Gasteiger partial charge in [0.15, 0.2) is 5.65 Å². The molecule has 0 saturated carbocycles. The number of pyridine rings is 1. The van der Waals surface area contributed by atoms with Gasteiger partial charge < -0.3 is 4.74 Å². The highest BCUT2D eigenvalue weighted by atomic mass is 19.1. The Bertz CT molecular complexity index is 1330. The third-order valence-electron chi connectivity index (χ3n) is 5.05. The number of aryl methyl sites for hydroxylation is 1. The van der Waals surface area contributed by atoms with Crippen LogP contribution >= 0.6 is 0 Å². The molecular formula is C25H27FN5O3+. The maximum atomic E-state index is 13.5. The van der Waals surface area contributed by atoms with Crippen LogP contribution in [0.3, 0.4) is 0 Å². The van der Waals surface area contributed by atoms with Gasteiger partial charge in [-0.25, -0.2) is 14.2 Å². The Morgan fingerprint density at radius 2 is 1.94 bits per heavy atom. The van der Waals surface area contributed by atoms with Crippen molar-refractivity contribution in [1.29, 1.82) is 0 Å². The summed E-state index contributed by atoms with van der Waals surface area (Å²) in [4.78, 5) is 24.9. The van der Waals surface area contributed by atoms with Crippen LogP contribution in [0.25, 0.3) is 16.9 Å². The first-order valence-corrected chi connectivity index (χ1v) is 10.8. The van der Waals surface area contributed by atoms with Crippen molar-refractivity contribution in [1.82, 2.24) is 14.6 Å². The summed E-state index contributed by atoms with van der Waals surface area (Å²) in [7, 11) is 1.56. The van der Waals surface area contributed by atoms with Crippen molar-refractivity contribution in [3.63, 3.8) is 0 Å². The highest BCUT2D eigenvalue weighted by Crippen LogP contribution is 2.28. The Balaban J connectivity index is 1.88. The van der Waals surface area contributed by atoms with Crippen molar-refractivity contribution < 1.29 is 23.5 Å². The van der Waals surface area contributed by atoms with E-state index in [4.69, 9.17) is 14.6 Å². The molecule has 0 radical (unpaired) electrons. The molecule has 0 bridgehead atoms. The average molecular weight is 465 g/mol. The molecular weight excluding hydrogens is 437 g/mol. The van der Waals surface area contributed by atoms with Crippen molar-refractivity contribution in [2.45, 2.75) is 39.8 Å². The molecule has 1 aromatic carbocycles. The van der Waals surface area contributed by atoms with Crippen LogP contribution < -0.4 is 14.5 Å². The lowest BCUT2D eigenvalue weighted by atomic mass is 10.1. The van der Waals surface area contributed by atoms with Gasteiger partial charge in [0.05, 0.1) is 18.4 Å². The molecule has 0 fully saturated rings.